The molecule has 50 heavy (non-hydrogen) atoms. The third kappa shape index (κ3) is 3.87. The molecule has 0 amide bonds. The number of fused-ring (bicyclic) bond motifs is 11. The summed E-state index contributed by atoms with van der Waals surface area (Å²) in [5, 5.41) is 0. The van der Waals surface area contributed by atoms with Gasteiger partial charge in [-0.2, -0.15) is 0 Å². The standard InChI is InChI=1S/C42H22O8/c43-36-21-37(44)30-17-22(9-13-28(30)36)47-24-11-15-34-38(19-24)49-39-20-25(48-23-10-14-29-31(18-23)41(46)50-40(29)45)12-16-35(39)42(34)32-7-3-1-5-26(32)27-6-2-4-8-33(27)42/h1-20H,21H2. The van der Waals surface area contributed by atoms with Crippen molar-refractivity contribution in [3.8, 4) is 45.6 Å². The van der Waals surface area contributed by atoms with Gasteiger partial charge >= 0.3 is 11.9 Å². The zero-order valence-electron chi connectivity index (χ0n) is 26.0. The number of esters is 2. The molecule has 238 valence electrons. The first kappa shape index (κ1) is 28.2. The third-order valence-corrected chi connectivity index (χ3v) is 9.89. The van der Waals surface area contributed by atoms with E-state index in [0.29, 0.717) is 45.6 Å². The maximum absolute atomic E-state index is 12.4. The van der Waals surface area contributed by atoms with Gasteiger partial charge in [0.1, 0.15) is 34.5 Å². The Morgan fingerprint density at radius 1 is 0.420 bits per heavy atom. The van der Waals surface area contributed by atoms with Crippen molar-refractivity contribution in [2.24, 2.45) is 0 Å². The van der Waals surface area contributed by atoms with Crippen molar-refractivity contribution < 1.29 is 38.1 Å². The van der Waals surface area contributed by atoms with Crippen LogP contribution in [-0.2, 0) is 10.2 Å². The molecule has 8 nitrogen and oxygen atoms in total. The number of carbonyl (C=O) groups is 4. The van der Waals surface area contributed by atoms with Gasteiger partial charge in [0.2, 0.25) is 0 Å². The minimum Gasteiger partial charge on any atom is -0.457 e. The molecule has 1 spiro atoms. The fraction of sp³-hybridized carbons (Fsp3) is 0.0476. The highest BCUT2D eigenvalue weighted by Gasteiger charge is 2.51. The second-order valence-electron chi connectivity index (χ2n) is 12.6. The number of Topliss-reactive ketones (excluding diaryl/α,β-unsaturated/α-hetero) is 2. The first-order valence-electron chi connectivity index (χ1n) is 16.0. The van der Waals surface area contributed by atoms with Crippen LogP contribution in [0.5, 0.6) is 34.5 Å². The summed E-state index contributed by atoms with van der Waals surface area (Å²) in [6.45, 7) is 0. The van der Waals surface area contributed by atoms with Gasteiger partial charge in [-0.25, -0.2) is 9.59 Å². The van der Waals surface area contributed by atoms with E-state index in [0.717, 1.165) is 33.4 Å². The highest BCUT2D eigenvalue weighted by Crippen LogP contribution is 2.62. The smallest absolute Gasteiger partial charge is 0.347 e. The summed E-state index contributed by atoms with van der Waals surface area (Å²) in [4.78, 5) is 48.8. The molecule has 0 saturated carbocycles. The maximum atomic E-state index is 12.4. The molecule has 6 aromatic rings. The Morgan fingerprint density at radius 2 is 0.900 bits per heavy atom. The first-order valence-corrected chi connectivity index (χ1v) is 16.0. The molecule has 2 aliphatic heterocycles. The quantitative estimate of drug-likeness (QED) is 0.137. The lowest BCUT2D eigenvalue weighted by Crippen LogP contribution is -2.32. The lowest BCUT2D eigenvalue weighted by Gasteiger charge is -2.39. The molecule has 8 heteroatoms. The summed E-state index contributed by atoms with van der Waals surface area (Å²) in [7, 11) is 0. The van der Waals surface area contributed by atoms with Gasteiger partial charge < -0.3 is 18.9 Å². The number of benzene rings is 6. The number of rotatable bonds is 4. The summed E-state index contributed by atoms with van der Waals surface area (Å²) >= 11 is 0. The second-order valence-corrected chi connectivity index (χ2v) is 12.6. The Morgan fingerprint density at radius 3 is 1.52 bits per heavy atom. The van der Waals surface area contributed by atoms with E-state index in [1.165, 1.54) is 12.1 Å². The number of ketones is 2. The van der Waals surface area contributed by atoms with Gasteiger partial charge in [-0.15, -0.1) is 0 Å². The number of cyclic esters (lactones) is 2. The van der Waals surface area contributed by atoms with Crippen LogP contribution in [0.3, 0.4) is 0 Å². The monoisotopic (exact) mass is 654 g/mol. The van der Waals surface area contributed by atoms with Crippen molar-refractivity contribution >= 4 is 23.5 Å². The molecular formula is C42H22O8. The van der Waals surface area contributed by atoms with Crippen molar-refractivity contribution in [2.45, 2.75) is 11.8 Å². The Kier molecular flexibility index (Phi) is 5.71. The summed E-state index contributed by atoms with van der Waals surface area (Å²) in [6, 6.07) is 37.7. The Hall–Kier alpha value is -6.80. The van der Waals surface area contributed by atoms with Crippen LogP contribution in [0, 0.1) is 0 Å². The van der Waals surface area contributed by atoms with E-state index >= 15 is 0 Å². The minimum absolute atomic E-state index is 0.125. The van der Waals surface area contributed by atoms with Gasteiger partial charge in [-0.3, -0.25) is 9.59 Å². The van der Waals surface area contributed by atoms with E-state index in [1.807, 2.05) is 60.7 Å². The molecule has 0 N–H and O–H groups in total. The predicted molar refractivity (Wildman–Crippen MR) is 180 cm³/mol. The first-order chi connectivity index (χ1) is 24.4. The van der Waals surface area contributed by atoms with Gasteiger partial charge in [-0.05, 0) is 70.8 Å². The normalized spacial score (nSPS) is 15.4. The van der Waals surface area contributed by atoms with Crippen molar-refractivity contribution in [3.05, 3.63) is 166 Å². The molecule has 0 fully saturated rings. The predicted octanol–water partition coefficient (Wildman–Crippen LogP) is 8.82. The van der Waals surface area contributed by atoms with Crippen LogP contribution in [0.1, 0.15) is 70.1 Å². The van der Waals surface area contributed by atoms with Gasteiger partial charge in [0.15, 0.2) is 11.6 Å². The zero-order valence-corrected chi connectivity index (χ0v) is 26.0. The lowest BCUT2D eigenvalue weighted by molar-refractivity contribution is 0.0443. The van der Waals surface area contributed by atoms with Crippen LogP contribution in [0.25, 0.3) is 11.1 Å². The summed E-state index contributed by atoms with van der Waals surface area (Å²) in [6.07, 6.45) is -0.125. The molecule has 2 heterocycles. The highest BCUT2D eigenvalue weighted by atomic mass is 16.6. The lowest BCUT2D eigenvalue weighted by atomic mass is 9.66. The van der Waals surface area contributed by atoms with E-state index in [-0.39, 0.29) is 29.1 Å². The van der Waals surface area contributed by atoms with E-state index in [2.05, 4.69) is 24.3 Å². The SMILES string of the molecule is O=C1CC(=O)c2cc(Oc3ccc4c(c3)Oc3cc(Oc5ccc6c(c5)C(=O)OC6=O)ccc3C43c4ccccc4-c4ccccc43)ccc21. The molecule has 4 aliphatic rings. The third-order valence-electron chi connectivity index (χ3n) is 9.89. The van der Waals surface area contributed by atoms with Crippen molar-refractivity contribution in [3.63, 3.8) is 0 Å². The number of hydrogen-bond donors (Lipinski definition) is 0. The van der Waals surface area contributed by atoms with Gasteiger partial charge in [-0.1, -0.05) is 60.7 Å². The fourth-order valence-corrected chi connectivity index (χ4v) is 7.80. The minimum atomic E-state index is -0.731. The second kappa shape index (κ2) is 10.1. The van der Waals surface area contributed by atoms with E-state index < -0.39 is 17.4 Å². The molecule has 0 bridgehead atoms. The average molecular weight is 655 g/mol. The number of hydrogen-bond acceptors (Lipinski definition) is 8. The molecule has 0 radical (unpaired) electrons. The number of carbonyl (C=O) groups excluding carboxylic acids is 4. The molecule has 10 rings (SSSR count). The van der Waals surface area contributed by atoms with Gasteiger partial charge in [0.25, 0.3) is 0 Å². The maximum Gasteiger partial charge on any atom is 0.347 e. The van der Waals surface area contributed by atoms with Crippen LogP contribution >= 0.6 is 0 Å². The molecule has 0 atom stereocenters. The van der Waals surface area contributed by atoms with E-state index in [9.17, 15) is 19.2 Å². The summed E-state index contributed by atoms with van der Waals surface area (Å²) < 4.78 is 23.9. The topological polar surface area (TPSA) is 105 Å². The van der Waals surface area contributed by atoms with Crippen molar-refractivity contribution in [1.29, 1.82) is 0 Å². The van der Waals surface area contributed by atoms with Crippen molar-refractivity contribution in [1.82, 2.24) is 0 Å². The van der Waals surface area contributed by atoms with Crippen LogP contribution in [0.2, 0.25) is 0 Å². The fourth-order valence-electron chi connectivity index (χ4n) is 7.80. The van der Waals surface area contributed by atoms with E-state index in [1.54, 1.807) is 24.3 Å². The number of ether oxygens (including phenoxy) is 4. The summed E-state index contributed by atoms with van der Waals surface area (Å²) in [5.41, 5.74) is 6.73. The van der Waals surface area contributed by atoms with Gasteiger partial charge in [0.05, 0.1) is 23.0 Å². The molecule has 0 saturated heterocycles. The van der Waals surface area contributed by atoms with Crippen LogP contribution in [-0.4, -0.2) is 23.5 Å². The Balaban J connectivity index is 1.11. The zero-order chi connectivity index (χ0) is 33.7. The van der Waals surface area contributed by atoms with Crippen LogP contribution in [0.15, 0.2) is 121 Å². The average Bonchev–Trinajstić information content (AvgIpc) is 3.70. The molecule has 6 aromatic carbocycles. The van der Waals surface area contributed by atoms with Gasteiger partial charge in [0, 0.05) is 34.4 Å². The highest BCUT2D eigenvalue weighted by molar-refractivity contribution is 6.24. The Labute approximate surface area is 284 Å². The molecule has 0 unspecified atom stereocenters. The largest absolute Gasteiger partial charge is 0.457 e. The summed E-state index contributed by atoms with van der Waals surface area (Å²) in [5.74, 6) is 1.11. The molecule has 2 aliphatic carbocycles. The van der Waals surface area contributed by atoms with Crippen LogP contribution in [0.4, 0.5) is 0 Å². The van der Waals surface area contributed by atoms with E-state index in [4.69, 9.17) is 18.9 Å². The molecule has 0 aromatic heterocycles. The van der Waals surface area contributed by atoms with Crippen molar-refractivity contribution in [2.75, 3.05) is 0 Å². The Bertz CT molecular complexity index is 2390. The van der Waals surface area contributed by atoms with Crippen LogP contribution < -0.4 is 14.2 Å². The molecular weight excluding hydrogens is 632 g/mol.